The third-order valence-electron chi connectivity index (χ3n) is 4.42. The second-order valence-corrected chi connectivity index (χ2v) is 8.75. The lowest BCUT2D eigenvalue weighted by atomic mass is 10.0. The maximum Gasteiger partial charge on any atom is 0.262 e. The van der Waals surface area contributed by atoms with E-state index in [1.54, 1.807) is 43.5 Å². The molecule has 0 unspecified atom stereocenters. The number of halogens is 2. The van der Waals surface area contributed by atoms with Gasteiger partial charge in [0.1, 0.15) is 23.3 Å². The van der Waals surface area contributed by atoms with Gasteiger partial charge in [0.2, 0.25) is 0 Å². The summed E-state index contributed by atoms with van der Waals surface area (Å²) in [5.41, 5.74) is 3.11. The lowest BCUT2D eigenvalue weighted by Gasteiger charge is -2.19. The zero-order valence-corrected chi connectivity index (χ0v) is 21.2. The van der Waals surface area contributed by atoms with E-state index in [2.05, 4.69) is 31.8 Å². The normalized spacial score (nSPS) is 11.8. The summed E-state index contributed by atoms with van der Waals surface area (Å²) in [5.74, 6) is 0.943. The number of carbonyl (C=O) groups is 2. The third-order valence-corrected chi connectivity index (χ3v) is 5.30. The second-order valence-electron chi connectivity index (χ2n) is 7.46. The van der Waals surface area contributed by atoms with E-state index in [1.165, 1.54) is 13.3 Å². The first-order chi connectivity index (χ1) is 15.7. The summed E-state index contributed by atoms with van der Waals surface area (Å²) in [6.07, 6.45) is 1.89. The molecule has 2 rings (SSSR count). The van der Waals surface area contributed by atoms with Gasteiger partial charge in [-0.3, -0.25) is 9.59 Å². The minimum atomic E-state index is -0.770. The van der Waals surface area contributed by atoms with Gasteiger partial charge >= 0.3 is 0 Å². The van der Waals surface area contributed by atoms with Crippen molar-refractivity contribution in [2.45, 2.75) is 26.3 Å². The van der Waals surface area contributed by atoms with Gasteiger partial charge in [-0.2, -0.15) is 5.10 Å². The van der Waals surface area contributed by atoms with Crippen molar-refractivity contribution >= 4 is 45.6 Å². The number of hydrazone groups is 1. The van der Waals surface area contributed by atoms with E-state index in [-0.39, 0.29) is 12.5 Å². The fourth-order valence-corrected chi connectivity index (χ4v) is 3.50. The van der Waals surface area contributed by atoms with Crippen molar-refractivity contribution in [1.82, 2.24) is 10.7 Å². The number of carbonyl (C=O) groups excluding carboxylic acids is 2. The van der Waals surface area contributed by atoms with E-state index in [0.29, 0.717) is 38.7 Å². The van der Waals surface area contributed by atoms with Gasteiger partial charge < -0.3 is 19.5 Å². The zero-order valence-electron chi connectivity index (χ0n) is 18.9. The van der Waals surface area contributed by atoms with Gasteiger partial charge in [0.15, 0.2) is 6.61 Å². The monoisotopic (exact) mass is 539 g/mol. The van der Waals surface area contributed by atoms with Crippen LogP contribution in [0.25, 0.3) is 0 Å². The quantitative estimate of drug-likeness (QED) is 0.329. The Morgan fingerprint density at radius 1 is 1.12 bits per heavy atom. The summed E-state index contributed by atoms with van der Waals surface area (Å²) >= 11 is 9.25. The Morgan fingerprint density at radius 2 is 1.79 bits per heavy atom. The molecule has 0 aliphatic heterocycles. The van der Waals surface area contributed by atoms with E-state index in [1.807, 2.05) is 13.8 Å². The van der Waals surface area contributed by atoms with Crippen LogP contribution in [0, 0.1) is 5.92 Å². The summed E-state index contributed by atoms with van der Waals surface area (Å²) in [5, 5.41) is 7.29. The highest BCUT2D eigenvalue weighted by Crippen LogP contribution is 2.31. The highest BCUT2D eigenvalue weighted by molar-refractivity contribution is 9.10. The van der Waals surface area contributed by atoms with Gasteiger partial charge in [0, 0.05) is 16.7 Å². The predicted octanol–water partition coefficient (Wildman–Crippen LogP) is 4.18. The molecule has 0 heterocycles. The molecule has 2 N–H and O–H groups in total. The van der Waals surface area contributed by atoms with Crippen molar-refractivity contribution in [3.8, 4) is 17.2 Å². The summed E-state index contributed by atoms with van der Waals surface area (Å²) < 4.78 is 16.7. The van der Waals surface area contributed by atoms with Crippen molar-refractivity contribution in [3.63, 3.8) is 0 Å². The van der Waals surface area contributed by atoms with Crippen molar-refractivity contribution in [2.75, 3.05) is 20.8 Å². The van der Waals surface area contributed by atoms with E-state index in [4.69, 9.17) is 25.8 Å². The first-order valence-corrected chi connectivity index (χ1v) is 11.3. The second kappa shape index (κ2) is 13.1. The lowest BCUT2D eigenvalue weighted by molar-refractivity contribution is -0.130. The van der Waals surface area contributed by atoms with Crippen molar-refractivity contribution in [1.29, 1.82) is 0 Å². The Balaban J connectivity index is 1.99. The topological polar surface area (TPSA) is 98.3 Å². The standard InChI is InChI=1S/C23H27BrClN3O5/c1-14(2)9-19(27-22(29)13-33-17-7-5-16(25)6-8-17)23(30)28-26-12-15-10-18(24)21(32-4)11-20(15)31-3/h5-8,10-12,14,19H,9,13H2,1-4H3,(H,27,29)(H,28,30)/b26-12-/t19-/m1/s1. The molecule has 33 heavy (non-hydrogen) atoms. The maximum atomic E-state index is 12.7. The molecule has 0 bridgehead atoms. The number of nitrogens with one attached hydrogen (secondary N) is 2. The number of methoxy groups -OCH3 is 2. The molecule has 0 aliphatic carbocycles. The minimum Gasteiger partial charge on any atom is -0.496 e. The minimum absolute atomic E-state index is 0.167. The fraction of sp³-hybridized carbons (Fsp3) is 0.348. The largest absolute Gasteiger partial charge is 0.496 e. The van der Waals surface area contributed by atoms with Crippen LogP contribution in [0.2, 0.25) is 5.02 Å². The van der Waals surface area contributed by atoms with E-state index in [9.17, 15) is 9.59 Å². The molecular weight excluding hydrogens is 514 g/mol. The van der Waals surface area contributed by atoms with Gasteiger partial charge in [0.05, 0.1) is 24.9 Å². The van der Waals surface area contributed by atoms with Crippen LogP contribution < -0.4 is 25.0 Å². The molecule has 0 saturated heterocycles. The van der Waals surface area contributed by atoms with Gasteiger partial charge in [-0.05, 0) is 58.6 Å². The number of hydrogen-bond acceptors (Lipinski definition) is 6. The number of nitrogens with zero attached hydrogens (tertiary/aromatic N) is 1. The van der Waals surface area contributed by atoms with Crippen LogP contribution in [0.3, 0.4) is 0 Å². The highest BCUT2D eigenvalue weighted by Gasteiger charge is 2.22. The van der Waals surface area contributed by atoms with Gasteiger partial charge in [-0.25, -0.2) is 5.43 Å². The number of hydrogen-bond donors (Lipinski definition) is 2. The molecular formula is C23H27BrClN3O5. The van der Waals surface area contributed by atoms with Crippen LogP contribution >= 0.6 is 27.5 Å². The number of rotatable bonds is 11. The van der Waals surface area contributed by atoms with Crippen molar-refractivity contribution in [2.24, 2.45) is 11.0 Å². The smallest absolute Gasteiger partial charge is 0.262 e. The predicted molar refractivity (Wildman–Crippen MR) is 131 cm³/mol. The van der Waals surface area contributed by atoms with E-state index < -0.39 is 17.9 Å². The molecule has 0 radical (unpaired) electrons. The van der Waals surface area contributed by atoms with Crippen LogP contribution in [0.5, 0.6) is 17.2 Å². The molecule has 0 aromatic heterocycles. The number of benzene rings is 2. The lowest BCUT2D eigenvalue weighted by Crippen LogP contribution is -2.47. The Hall–Kier alpha value is -2.78. The highest BCUT2D eigenvalue weighted by atomic mass is 79.9. The van der Waals surface area contributed by atoms with Gasteiger partial charge in [0.25, 0.3) is 11.8 Å². The summed E-state index contributed by atoms with van der Waals surface area (Å²) in [7, 11) is 3.08. The van der Waals surface area contributed by atoms with Crippen molar-refractivity contribution in [3.05, 3.63) is 51.5 Å². The molecule has 0 saturated carbocycles. The average molecular weight is 541 g/mol. The third kappa shape index (κ3) is 8.58. The number of ether oxygens (including phenoxy) is 3. The van der Waals surface area contributed by atoms with Crippen LogP contribution in [-0.2, 0) is 9.59 Å². The molecule has 0 fully saturated rings. The molecule has 10 heteroatoms. The summed E-state index contributed by atoms with van der Waals surface area (Å²) in [6.45, 7) is 3.68. The summed E-state index contributed by atoms with van der Waals surface area (Å²) in [4.78, 5) is 25.0. The molecule has 2 aromatic rings. The zero-order chi connectivity index (χ0) is 24.4. The maximum absolute atomic E-state index is 12.7. The van der Waals surface area contributed by atoms with Crippen LogP contribution in [-0.4, -0.2) is 44.9 Å². The Labute approximate surface area is 206 Å². The Kier molecular flexibility index (Phi) is 10.5. The Bertz CT molecular complexity index is 983. The van der Waals surface area contributed by atoms with Gasteiger partial charge in [-0.15, -0.1) is 0 Å². The molecule has 8 nitrogen and oxygen atoms in total. The van der Waals surface area contributed by atoms with E-state index in [0.717, 1.165) is 0 Å². The van der Waals surface area contributed by atoms with E-state index >= 15 is 0 Å². The van der Waals surface area contributed by atoms with Gasteiger partial charge in [-0.1, -0.05) is 25.4 Å². The molecule has 178 valence electrons. The summed E-state index contributed by atoms with van der Waals surface area (Å²) in [6, 6.07) is 9.34. The first-order valence-electron chi connectivity index (χ1n) is 10.2. The van der Waals surface area contributed by atoms with Crippen molar-refractivity contribution < 1.29 is 23.8 Å². The van der Waals surface area contributed by atoms with Crippen LogP contribution in [0.4, 0.5) is 0 Å². The molecule has 0 aliphatic rings. The molecule has 2 aromatic carbocycles. The first kappa shape index (κ1) is 26.5. The average Bonchev–Trinajstić information content (AvgIpc) is 2.78. The molecule has 2 amide bonds. The van der Waals surface area contributed by atoms with Crippen LogP contribution in [0.15, 0.2) is 46.0 Å². The van der Waals surface area contributed by atoms with Crippen LogP contribution in [0.1, 0.15) is 25.8 Å². The molecule has 1 atom stereocenters. The number of amides is 2. The Morgan fingerprint density at radius 3 is 2.39 bits per heavy atom. The fourth-order valence-electron chi connectivity index (χ4n) is 2.85. The SMILES string of the molecule is COc1cc(OC)c(/C=N\NC(=O)[C@@H](CC(C)C)NC(=O)COc2ccc(Cl)cc2)cc1Br. The molecule has 0 spiro atoms.